The van der Waals surface area contributed by atoms with Crippen LogP contribution in [0.2, 0.25) is 0 Å². The Morgan fingerprint density at radius 2 is 1.46 bits per heavy atom. The van der Waals surface area contributed by atoms with E-state index >= 15 is 0 Å². The van der Waals surface area contributed by atoms with Gasteiger partial charge in [-0.2, -0.15) is 0 Å². The number of nitrogens with zero attached hydrogens (tertiary/aromatic N) is 4. The average Bonchev–Trinajstić information content (AvgIpc) is 2.92. The number of likely N-dealkylation sites (N-methyl/N-ethyl adjacent to an activating group) is 1. The van der Waals surface area contributed by atoms with E-state index in [0.29, 0.717) is 19.5 Å². The van der Waals surface area contributed by atoms with E-state index in [4.69, 9.17) is 0 Å². The summed E-state index contributed by atoms with van der Waals surface area (Å²) in [6, 6.07) is 27.9. The van der Waals surface area contributed by atoms with E-state index in [0.717, 1.165) is 16.7 Å². The zero-order valence-electron chi connectivity index (χ0n) is 20.9. The van der Waals surface area contributed by atoms with Crippen LogP contribution in [-0.2, 0) is 22.6 Å². The van der Waals surface area contributed by atoms with Crippen LogP contribution in [0.1, 0.15) is 22.7 Å². The maximum Gasteiger partial charge on any atom is 0.334 e. The summed E-state index contributed by atoms with van der Waals surface area (Å²) in [5, 5.41) is 6.22. The second-order valence-corrected chi connectivity index (χ2v) is 9.42. The highest BCUT2D eigenvalue weighted by atomic mass is 16.2. The molecule has 4 amide bonds. The molecule has 37 heavy (non-hydrogen) atoms. The molecule has 0 radical (unpaired) electrons. The molecule has 0 aromatic heterocycles. The molecule has 2 heterocycles. The van der Waals surface area contributed by atoms with Crippen LogP contribution < -0.4 is 5.32 Å². The number of urea groups is 1. The van der Waals surface area contributed by atoms with Crippen molar-refractivity contribution in [3.63, 3.8) is 0 Å². The van der Waals surface area contributed by atoms with Crippen molar-refractivity contribution in [2.75, 3.05) is 26.7 Å². The highest BCUT2D eigenvalue weighted by Gasteiger charge is 2.51. The molecule has 3 aromatic carbocycles. The number of carbonyl (C=O) groups is 3. The number of amides is 4. The summed E-state index contributed by atoms with van der Waals surface area (Å²) >= 11 is 0. The van der Waals surface area contributed by atoms with E-state index in [1.807, 2.05) is 91.0 Å². The number of carbonyl (C=O) groups excluding carboxylic acids is 3. The molecular weight excluding hydrogens is 466 g/mol. The van der Waals surface area contributed by atoms with Gasteiger partial charge < -0.3 is 15.1 Å². The minimum Gasteiger partial charge on any atom is -0.336 e. The highest BCUT2D eigenvalue weighted by Crippen LogP contribution is 2.34. The Balaban J connectivity index is 1.44. The van der Waals surface area contributed by atoms with Gasteiger partial charge in [0.25, 0.3) is 0 Å². The summed E-state index contributed by atoms with van der Waals surface area (Å²) in [5.74, 6) is -0.301. The first-order chi connectivity index (χ1) is 18.0. The lowest BCUT2D eigenvalue weighted by molar-refractivity contribution is -0.187. The standard InChI is InChI=1S/C29H31N5O3/c1-31-21-26(35)33-25(34(31)29(37)30-19-23-13-7-3-8-14-23)20-32(18-17-22-11-5-2-6-12-22)28(36)27(33)24-15-9-4-10-16-24/h2-16,25,27H,17-21H2,1H3,(H,30,37)/t25-,27-/m0/s1. The summed E-state index contributed by atoms with van der Waals surface area (Å²) in [6.07, 6.45) is 0.0610. The van der Waals surface area contributed by atoms with Gasteiger partial charge in [0.05, 0.1) is 13.1 Å². The summed E-state index contributed by atoms with van der Waals surface area (Å²) in [4.78, 5) is 44.0. The Morgan fingerprint density at radius 3 is 2.11 bits per heavy atom. The molecule has 2 saturated heterocycles. The zero-order valence-corrected chi connectivity index (χ0v) is 20.9. The first-order valence-electron chi connectivity index (χ1n) is 12.5. The average molecular weight is 498 g/mol. The van der Waals surface area contributed by atoms with Gasteiger partial charge in [-0.3, -0.25) is 9.59 Å². The third-order valence-electron chi connectivity index (χ3n) is 6.95. The second-order valence-electron chi connectivity index (χ2n) is 9.42. The van der Waals surface area contributed by atoms with E-state index in [1.54, 1.807) is 26.9 Å². The molecule has 0 aliphatic carbocycles. The fourth-order valence-corrected chi connectivity index (χ4v) is 5.12. The third kappa shape index (κ3) is 5.20. The monoisotopic (exact) mass is 497 g/mol. The Labute approximate surface area is 217 Å². The van der Waals surface area contributed by atoms with E-state index in [2.05, 4.69) is 5.32 Å². The van der Waals surface area contributed by atoms with Crippen LogP contribution in [0.25, 0.3) is 0 Å². The normalized spacial score (nSPS) is 20.1. The number of nitrogens with one attached hydrogen (secondary N) is 1. The molecule has 2 aliphatic heterocycles. The van der Waals surface area contributed by atoms with Gasteiger partial charge in [0.2, 0.25) is 11.8 Å². The Morgan fingerprint density at radius 1 is 0.865 bits per heavy atom. The van der Waals surface area contributed by atoms with Crippen molar-refractivity contribution in [2.24, 2.45) is 0 Å². The number of rotatable bonds is 6. The molecular formula is C29H31N5O3. The lowest BCUT2D eigenvalue weighted by Gasteiger charge is -2.54. The van der Waals surface area contributed by atoms with Crippen molar-refractivity contribution >= 4 is 17.8 Å². The maximum absolute atomic E-state index is 13.8. The van der Waals surface area contributed by atoms with Crippen LogP contribution in [0.3, 0.4) is 0 Å². The number of hydrazine groups is 1. The van der Waals surface area contributed by atoms with Gasteiger partial charge >= 0.3 is 6.03 Å². The van der Waals surface area contributed by atoms with Crippen LogP contribution in [-0.4, -0.2) is 70.5 Å². The van der Waals surface area contributed by atoms with Crippen molar-refractivity contribution in [1.82, 2.24) is 25.1 Å². The van der Waals surface area contributed by atoms with Crippen molar-refractivity contribution in [3.05, 3.63) is 108 Å². The summed E-state index contributed by atoms with van der Waals surface area (Å²) in [5.41, 5.74) is 2.85. The van der Waals surface area contributed by atoms with Crippen LogP contribution in [0, 0.1) is 0 Å². The molecule has 0 spiro atoms. The number of piperazine rings is 1. The van der Waals surface area contributed by atoms with E-state index in [1.165, 1.54) is 0 Å². The van der Waals surface area contributed by atoms with Gasteiger partial charge in [0.15, 0.2) is 0 Å². The zero-order chi connectivity index (χ0) is 25.8. The first kappa shape index (κ1) is 24.5. The number of hydrogen-bond donors (Lipinski definition) is 1. The van der Waals surface area contributed by atoms with Crippen LogP contribution in [0.4, 0.5) is 4.79 Å². The molecule has 1 N–H and O–H groups in total. The van der Waals surface area contributed by atoms with E-state index < -0.39 is 12.2 Å². The fourth-order valence-electron chi connectivity index (χ4n) is 5.12. The van der Waals surface area contributed by atoms with E-state index in [9.17, 15) is 14.4 Å². The summed E-state index contributed by atoms with van der Waals surface area (Å²) < 4.78 is 0. The molecule has 5 rings (SSSR count). The van der Waals surface area contributed by atoms with Gasteiger partial charge in [-0.1, -0.05) is 91.0 Å². The quantitative estimate of drug-likeness (QED) is 0.568. The molecule has 8 nitrogen and oxygen atoms in total. The largest absolute Gasteiger partial charge is 0.336 e. The lowest BCUT2D eigenvalue weighted by atomic mass is 9.98. The van der Waals surface area contributed by atoms with Crippen LogP contribution in [0.5, 0.6) is 0 Å². The van der Waals surface area contributed by atoms with Crippen LogP contribution >= 0.6 is 0 Å². The second kappa shape index (κ2) is 10.8. The first-order valence-corrected chi connectivity index (χ1v) is 12.5. The molecule has 0 bridgehead atoms. The van der Waals surface area contributed by atoms with Gasteiger partial charge in [0, 0.05) is 20.1 Å². The molecule has 3 aromatic rings. The smallest absolute Gasteiger partial charge is 0.334 e. The number of hydrogen-bond acceptors (Lipinski definition) is 4. The van der Waals surface area contributed by atoms with Gasteiger partial charge in [-0.25, -0.2) is 14.8 Å². The molecule has 0 unspecified atom stereocenters. The molecule has 2 atom stereocenters. The fraction of sp³-hybridized carbons (Fsp3) is 0.276. The van der Waals surface area contributed by atoms with E-state index in [-0.39, 0.29) is 30.9 Å². The highest BCUT2D eigenvalue weighted by molar-refractivity contribution is 5.92. The van der Waals surface area contributed by atoms with Crippen molar-refractivity contribution in [3.8, 4) is 0 Å². The Kier molecular flexibility index (Phi) is 7.18. The van der Waals surface area contributed by atoms with Crippen molar-refractivity contribution in [2.45, 2.75) is 25.2 Å². The summed E-state index contributed by atoms with van der Waals surface area (Å²) in [7, 11) is 1.74. The minimum atomic E-state index is -0.790. The topological polar surface area (TPSA) is 76.2 Å². The predicted molar refractivity (Wildman–Crippen MR) is 140 cm³/mol. The number of fused-ring (bicyclic) bond motifs is 1. The minimum absolute atomic E-state index is 0.00981. The van der Waals surface area contributed by atoms with Crippen molar-refractivity contribution in [1.29, 1.82) is 0 Å². The van der Waals surface area contributed by atoms with Gasteiger partial charge in [0.1, 0.15) is 12.2 Å². The van der Waals surface area contributed by atoms with Gasteiger partial charge in [-0.05, 0) is 23.1 Å². The number of benzene rings is 3. The van der Waals surface area contributed by atoms with Crippen LogP contribution in [0.15, 0.2) is 91.0 Å². The van der Waals surface area contributed by atoms with Gasteiger partial charge in [-0.15, -0.1) is 0 Å². The van der Waals surface area contributed by atoms with Crippen molar-refractivity contribution < 1.29 is 14.4 Å². The Bertz CT molecular complexity index is 1240. The SMILES string of the molecule is CN1CC(=O)N2[C@@H](c3ccccc3)C(=O)N(CCc3ccccc3)C[C@@H]2N1C(=O)NCc1ccccc1. The molecule has 0 saturated carbocycles. The summed E-state index contributed by atoms with van der Waals surface area (Å²) in [6.45, 7) is 1.11. The molecule has 8 heteroatoms. The Hall–Kier alpha value is -4.17. The third-order valence-corrected chi connectivity index (χ3v) is 6.95. The molecule has 190 valence electrons. The molecule has 2 fully saturated rings. The molecule has 2 aliphatic rings. The lowest BCUT2D eigenvalue weighted by Crippen LogP contribution is -2.73. The predicted octanol–water partition coefficient (Wildman–Crippen LogP) is 3.04. The maximum atomic E-state index is 13.8.